The zero-order valence-corrected chi connectivity index (χ0v) is 13.5. The highest BCUT2D eigenvalue weighted by Crippen LogP contribution is 2.30. The fourth-order valence-corrected chi connectivity index (χ4v) is 2.49. The van der Waals surface area contributed by atoms with Gasteiger partial charge in [0.1, 0.15) is 0 Å². The quantitative estimate of drug-likeness (QED) is 0.865. The van der Waals surface area contributed by atoms with Crippen molar-refractivity contribution in [3.63, 3.8) is 0 Å². The number of carbonyl (C=O) groups excluding carboxylic acids is 2. The summed E-state index contributed by atoms with van der Waals surface area (Å²) in [5.41, 5.74) is 1.11. The Morgan fingerprint density at radius 3 is 2.50 bits per heavy atom. The Morgan fingerprint density at radius 1 is 1.35 bits per heavy atom. The third-order valence-corrected chi connectivity index (χ3v) is 3.97. The topological polar surface area (TPSA) is 69.2 Å². The summed E-state index contributed by atoms with van der Waals surface area (Å²) in [6.45, 7) is 5.57. The normalized spacial score (nSPS) is 13.6. The van der Waals surface area contributed by atoms with Gasteiger partial charge in [0.05, 0.1) is 0 Å². The molecule has 0 radical (unpaired) electrons. The summed E-state index contributed by atoms with van der Waals surface area (Å²) in [4.78, 5) is 22.8. The van der Waals surface area contributed by atoms with E-state index in [-0.39, 0.29) is 18.7 Å². The summed E-state index contributed by atoms with van der Waals surface area (Å²) in [7, 11) is 0. The predicted molar refractivity (Wildman–Crippen MR) is 80.1 cm³/mol. The van der Waals surface area contributed by atoms with Gasteiger partial charge in [0, 0.05) is 22.6 Å². The number of carbonyl (C=O) groups is 2. The van der Waals surface area contributed by atoms with Crippen LogP contribution in [0.3, 0.4) is 0 Å². The number of aliphatic carboxylic acids is 1. The molecular formula is C15H19BrNO3-. The average Bonchev–Trinajstić information content (AvgIpc) is 2.31. The third kappa shape index (κ3) is 4.96. The maximum Gasteiger partial charge on any atom is 0.224 e. The molecule has 0 unspecified atom stereocenters. The minimum atomic E-state index is -1.12. The van der Waals surface area contributed by atoms with Crippen LogP contribution >= 0.6 is 15.9 Å². The molecule has 1 amide bonds. The molecule has 4 nitrogen and oxygen atoms in total. The van der Waals surface area contributed by atoms with Gasteiger partial charge in [0.25, 0.3) is 0 Å². The van der Waals surface area contributed by atoms with Crippen LogP contribution in [0.5, 0.6) is 0 Å². The molecule has 1 atom stereocenters. The second kappa shape index (κ2) is 6.88. The molecule has 0 aliphatic carbocycles. The number of anilines is 1. The minimum absolute atomic E-state index is 0.115. The van der Waals surface area contributed by atoms with Crippen molar-refractivity contribution >= 4 is 33.5 Å². The first-order chi connectivity index (χ1) is 9.25. The predicted octanol–water partition coefficient (Wildman–Crippen LogP) is 2.64. The van der Waals surface area contributed by atoms with Gasteiger partial charge in [-0.2, -0.15) is 0 Å². The Kier molecular flexibility index (Phi) is 5.74. The van der Waals surface area contributed by atoms with Gasteiger partial charge in [-0.3, -0.25) is 4.79 Å². The number of nitrogens with one attached hydrogen (secondary N) is 1. The molecule has 1 aromatic carbocycles. The van der Waals surface area contributed by atoms with E-state index in [0.717, 1.165) is 15.7 Å². The molecule has 110 valence electrons. The molecule has 1 rings (SSSR count). The van der Waals surface area contributed by atoms with Crippen molar-refractivity contribution in [2.45, 2.75) is 40.0 Å². The molecule has 0 fully saturated rings. The lowest BCUT2D eigenvalue weighted by atomic mass is 9.80. The van der Waals surface area contributed by atoms with E-state index in [1.807, 2.05) is 32.0 Å². The van der Waals surface area contributed by atoms with Crippen LogP contribution in [-0.4, -0.2) is 11.9 Å². The molecule has 1 aromatic rings. The molecule has 0 aliphatic heterocycles. The second-order valence-electron chi connectivity index (χ2n) is 5.40. The van der Waals surface area contributed by atoms with E-state index in [9.17, 15) is 14.7 Å². The van der Waals surface area contributed by atoms with Crippen LogP contribution in [0.25, 0.3) is 0 Å². The first-order valence-electron chi connectivity index (χ1n) is 6.51. The van der Waals surface area contributed by atoms with Crippen molar-refractivity contribution in [2.24, 2.45) is 5.41 Å². The molecule has 0 bridgehead atoms. The second-order valence-corrected chi connectivity index (χ2v) is 6.31. The molecule has 1 N–H and O–H groups in total. The standard InChI is InChI=1S/C15H20BrNO3/c1-4-15(3,9-14(19)20)8-13(18)17-12-6-5-11(16)7-10(12)2/h5-7H,4,8-9H2,1-3H3,(H,17,18)(H,19,20)/p-1/t15-/m1/s1. The van der Waals surface area contributed by atoms with Crippen LogP contribution in [0.4, 0.5) is 5.69 Å². The van der Waals surface area contributed by atoms with Crippen molar-refractivity contribution < 1.29 is 14.7 Å². The van der Waals surface area contributed by atoms with Crippen molar-refractivity contribution in [1.82, 2.24) is 0 Å². The minimum Gasteiger partial charge on any atom is -0.550 e. The maximum absolute atomic E-state index is 12.1. The summed E-state index contributed by atoms with van der Waals surface area (Å²) < 4.78 is 0.948. The summed E-state index contributed by atoms with van der Waals surface area (Å²) in [6.07, 6.45) is 0.650. The molecule has 0 aromatic heterocycles. The number of carboxylic acids is 1. The van der Waals surface area contributed by atoms with Crippen LogP contribution in [-0.2, 0) is 9.59 Å². The number of hydrogen-bond donors (Lipinski definition) is 1. The molecule has 0 saturated carbocycles. The Balaban J connectivity index is 2.73. The monoisotopic (exact) mass is 340 g/mol. The highest BCUT2D eigenvalue weighted by molar-refractivity contribution is 9.10. The maximum atomic E-state index is 12.1. The zero-order valence-electron chi connectivity index (χ0n) is 12.0. The first kappa shape index (κ1) is 16.7. The zero-order chi connectivity index (χ0) is 15.3. The van der Waals surface area contributed by atoms with Crippen LogP contribution in [0.2, 0.25) is 0 Å². The van der Waals surface area contributed by atoms with Crippen LogP contribution in [0.15, 0.2) is 22.7 Å². The number of carboxylic acid groups (broad SMARTS) is 1. The Bertz CT molecular complexity index is 516. The smallest absolute Gasteiger partial charge is 0.224 e. The van der Waals surface area contributed by atoms with Gasteiger partial charge in [-0.05, 0) is 48.9 Å². The Morgan fingerprint density at radius 2 is 2.00 bits per heavy atom. The van der Waals surface area contributed by atoms with Gasteiger partial charge in [-0.15, -0.1) is 0 Å². The van der Waals surface area contributed by atoms with E-state index >= 15 is 0 Å². The van der Waals surface area contributed by atoms with Crippen molar-refractivity contribution in [3.05, 3.63) is 28.2 Å². The summed E-state index contributed by atoms with van der Waals surface area (Å²) >= 11 is 3.36. The van der Waals surface area contributed by atoms with Gasteiger partial charge < -0.3 is 15.2 Å². The van der Waals surface area contributed by atoms with Gasteiger partial charge >= 0.3 is 0 Å². The third-order valence-electron chi connectivity index (χ3n) is 3.47. The van der Waals surface area contributed by atoms with Gasteiger partial charge in [-0.1, -0.05) is 29.8 Å². The Labute approximate surface area is 127 Å². The molecular weight excluding hydrogens is 322 g/mol. The van der Waals surface area contributed by atoms with Crippen molar-refractivity contribution in [2.75, 3.05) is 5.32 Å². The molecule has 20 heavy (non-hydrogen) atoms. The number of hydrogen-bond acceptors (Lipinski definition) is 3. The SMILES string of the molecule is CC[C@@](C)(CC(=O)[O-])CC(=O)Nc1ccc(Br)cc1C. The molecule has 0 spiro atoms. The van der Waals surface area contributed by atoms with Crippen LogP contribution in [0.1, 0.15) is 38.7 Å². The fraction of sp³-hybridized carbons (Fsp3) is 0.467. The lowest BCUT2D eigenvalue weighted by molar-refractivity contribution is -0.308. The van der Waals surface area contributed by atoms with Crippen molar-refractivity contribution in [3.8, 4) is 0 Å². The van der Waals surface area contributed by atoms with E-state index in [1.165, 1.54) is 0 Å². The summed E-state index contributed by atoms with van der Waals surface area (Å²) in [5.74, 6) is -1.30. The van der Waals surface area contributed by atoms with E-state index in [4.69, 9.17) is 0 Å². The number of benzene rings is 1. The highest BCUT2D eigenvalue weighted by atomic mass is 79.9. The molecule has 0 aliphatic rings. The van der Waals surface area contributed by atoms with Gasteiger partial charge in [0.15, 0.2) is 0 Å². The molecule has 0 saturated heterocycles. The number of aryl methyl sites for hydroxylation is 1. The average molecular weight is 341 g/mol. The van der Waals surface area contributed by atoms with E-state index < -0.39 is 11.4 Å². The van der Waals surface area contributed by atoms with Crippen LogP contribution in [0, 0.1) is 12.3 Å². The van der Waals surface area contributed by atoms with E-state index in [0.29, 0.717) is 6.42 Å². The number of rotatable bonds is 6. The molecule has 0 heterocycles. The molecule has 5 heteroatoms. The summed E-state index contributed by atoms with van der Waals surface area (Å²) in [6, 6.07) is 5.58. The lowest BCUT2D eigenvalue weighted by Crippen LogP contribution is -2.33. The highest BCUT2D eigenvalue weighted by Gasteiger charge is 2.26. The largest absolute Gasteiger partial charge is 0.550 e. The number of halogens is 1. The Hall–Kier alpha value is -1.36. The van der Waals surface area contributed by atoms with Gasteiger partial charge in [0.2, 0.25) is 5.91 Å². The van der Waals surface area contributed by atoms with Crippen molar-refractivity contribution in [1.29, 1.82) is 0 Å². The number of amides is 1. The summed E-state index contributed by atoms with van der Waals surface area (Å²) in [5, 5.41) is 13.6. The van der Waals surface area contributed by atoms with Gasteiger partial charge in [-0.25, -0.2) is 0 Å². The lowest BCUT2D eigenvalue weighted by Gasteiger charge is -2.28. The van der Waals surface area contributed by atoms with E-state index in [1.54, 1.807) is 6.92 Å². The van der Waals surface area contributed by atoms with Crippen LogP contribution < -0.4 is 10.4 Å². The van der Waals surface area contributed by atoms with E-state index in [2.05, 4.69) is 21.2 Å². The fourth-order valence-electron chi connectivity index (χ4n) is 2.01. The first-order valence-corrected chi connectivity index (χ1v) is 7.31.